The molecular weight excluding hydrogens is 445 g/mol. The predicted octanol–water partition coefficient (Wildman–Crippen LogP) is 4.35. The molecule has 0 N–H and O–H groups in total. The molecule has 0 amide bonds. The van der Waals surface area contributed by atoms with Gasteiger partial charge in [-0.1, -0.05) is 23.2 Å². The highest BCUT2D eigenvalue weighted by atomic mass is 32.1. The third-order valence-corrected chi connectivity index (χ3v) is 5.23. The molecule has 0 aliphatic rings. The van der Waals surface area contributed by atoms with Crippen LogP contribution in [0.25, 0.3) is 10.1 Å². The molecule has 12 heteroatoms. The van der Waals surface area contributed by atoms with Gasteiger partial charge in [-0.05, 0) is 18.2 Å². The van der Waals surface area contributed by atoms with E-state index in [2.05, 4.69) is 16.8 Å². The maximum Gasteiger partial charge on any atom is 0.416 e. The summed E-state index contributed by atoms with van der Waals surface area (Å²) in [6.07, 6.45) is -4.88. The molecular formula is C19H10F5N3O3S. The molecule has 0 radical (unpaired) electrons. The Balaban J connectivity index is 2.00. The van der Waals surface area contributed by atoms with Gasteiger partial charge in [-0.2, -0.15) is 18.2 Å². The number of nitro groups is 1. The fourth-order valence-corrected chi connectivity index (χ4v) is 3.54. The molecule has 6 nitrogen and oxygen atoms in total. The fourth-order valence-electron chi connectivity index (χ4n) is 2.52. The maximum absolute atomic E-state index is 13.6. The Morgan fingerprint density at radius 3 is 2.55 bits per heavy atom. The average molecular weight is 455 g/mol. The summed E-state index contributed by atoms with van der Waals surface area (Å²) in [7, 11) is 1.44. The van der Waals surface area contributed by atoms with Gasteiger partial charge in [0.15, 0.2) is 5.13 Å². The van der Waals surface area contributed by atoms with Gasteiger partial charge in [-0.15, -0.1) is 0 Å². The molecule has 3 rings (SSSR count). The van der Waals surface area contributed by atoms with Gasteiger partial charge in [0.25, 0.3) is 11.2 Å². The van der Waals surface area contributed by atoms with E-state index in [1.807, 2.05) is 0 Å². The lowest BCUT2D eigenvalue weighted by Gasteiger charge is -2.14. The van der Waals surface area contributed by atoms with Crippen LogP contribution in [0.3, 0.4) is 0 Å². The van der Waals surface area contributed by atoms with Crippen molar-refractivity contribution in [3.8, 4) is 11.8 Å². The molecule has 0 saturated heterocycles. The van der Waals surface area contributed by atoms with Gasteiger partial charge in [0.05, 0.1) is 28.0 Å². The minimum Gasteiger partial charge on any atom is -0.340 e. The maximum atomic E-state index is 13.6. The first-order valence-corrected chi connectivity index (χ1v) is 9.14. The molecule has 1 aromatic heterocycles. The summed E-state index contributed by atoms with van der Waals surface area (Å²) in [6, 6.07) is 3.72. The van der Waals surface area contributed by atoms with Crippen molar-refractivity contribution < 1.29 is 26.9 Å². The molecule has 31 heavy (non-hydrogen) atoms. The van der Waals surface area contributed by atoms with Crippen LogP contribution in [0.4, 0.5) is 32.8 Å². The number of hydrogen-bond donors (Lipinski definition) is 0. The third kappa shape index (κ3) is 4.77. The number of aromatic nitrogens is 1. The van der Waals surface area contributed by atoms with E-state index in [1.54, 1.807) is 0 Å². The van der Waals surface area contributed by atoms with Gasteiger partial charge < -0.3 is 4.90 Å². The topological polar surface area (TPSA) is 76.3 Å². The summed E-state index contributed by atoms with van der Waals surface area (Å²) in [4.78, 5) is 27.6. The normalized spacial score (nSPS) is 11.2. The van der Waals surface area contributed by atoms with Crippen molar-refractivity contribution in [3.63, 3.8) is 0 Å². The first kappa shape index (κ1) is 22.1. The number of halogens is 5. The number of rotatable bonds is 3. The van der Waals surface area contributed by atoms with Crippen molar-refractivity contribution in [1.82, 2.24) is 4.98 Å². The molecule has 0 fully saturated rings. The zero-order valence-corrected chi connectivity index (χ0v) is 16.3. The van der Waals surface area contributed by atoms with Gasteiger partial charge in [-0.25, -0.2) is 8.78 Å². The van der Waals surface area contributed by atoms with Crippen molar-refractivity contribution >= 4 is 32.2 Å². The van der Waals surface area contributed by atoms with Crippen LogP contribution in [0.1, 0.15) is 11.1 Å². The van der Waals surface area contributed by atoms with Gasteiger partial charge in [0, 0.05) is 19.2 Å². The average Bonchev–Trinajstić information content (AvgIpc) is 2.67. The van der Waals surface area contributed by atoms with Crippen LogP contribution in [0.2, 0.25) is 0 Å². The summed E-state index contributed by atoms with van der Waals surface area (Å²) in [5, 5.41) is 10.7. The molecule has 2 aromatic carbocycles. The first-order chi connectivity index (χ1) is 14.5. The van der Waals surface area contributed by atoms with Gasteiger partial charge in [0.2, 0.25) is 0 Å². The second kappa shape index (κ2) is 8.27. The van der Waals surface area contributed by atoms with E-state index in [1.165, 1.54) is 11.9 Å². The lowest BCUT2D eigenvalue weighted by Crippen LogP contribution is -2.21. The third-order valence-electron chi connectivity index (χ3n) is 4.01. The highest BCUT2D eigenvalue weighted by Crippen LogP contribution is 2.38. The number of nitrogens with zero attached hydrogens (tertiary/aromatic N) is 3. The Morgan fingerprint density at radius 1 is 1.23 bits per heavy atom. The van der Waals surface area contributed by atoms with E-state index >= 15 is 0 Å². The fraction of sp³-hybridized carbons (Fsp3) is 0.158. The number of benzene rings is 2. The minimum absolute atomic E-state index is 0.0331. The highest BCUT2D eigenvalue weighted by Gasteiger charge is 2.34. The van der Waals surface area contributed by atoms with Crippen molar-refractivity contribution in [1.29, 1.82) is 0 Å². The summed E-state index contributed by atoms with van der Waals surface area (Å²) in [5.41, 5.74) is -3.33. The minimum atomic E-state index is -4.88. The van der Waals surface area contributed by atoms with Crippen LogP contribution in [0.5, 0.6) is 0 Å². The summed E-state index contributed by atoms with van der Waals surface area (Å²) in [6.45, 7) is -0.0975. The van der Waals surface area contributed by atoms with E-state index in [0.29, 0.717) is 29.5 Å². The van der Waals surface area contributed by atoms with Crippen molar-refractivity contribution in [3.05, 3.63) is 73.6 Å². The van der Waals surface area contributed by atoms with Gasteiger partial charge in [0.1, 0.15) is 16.3 Å². The molecule has 0 aliphatic heterocycles. The first-order valence-electron chi connectivity index (χ1n) is 8.33. The molecule has 0 saturated carbocycles. The summed E-state index contributed by atoms with van der Waals surface area (Å²) >= 11 is 0.649. The molecule has 0 unspecified atom stereocenters. The standard InChI is InChI=1S/C19H10F5N3O3S/c1-26(6-2-3-10-4-5-12(20)9-14(10)21)18-25-17(28)13-7-11(19(22,23)24)8-15(27(29)30)16(13)31-18/h4-5,7-9H,6H2,1H3. The van der Waals surface area contributed by atoms with Gasteiger partial charge >= 0.3 is 6.18 Å². The lowest BCUT2D eigenvalue weighted by molar-refractivity contribution is -0.383. The quantitative estimate of drug-likeness (QED) is 0.254. The Bertz CT molecular complexity index is 1310. The predicted molar refractivity (Wildman–Crippen MR) is 104 cm³/mol. The zero-order valence-electron chi connectivity index (χ0n) is 15.5. The largest absolute Gasteiger partial charge is 0.416 e. The second-order valence-corrected chi connectivity index (χ2v) is 7.19. The van der Waals surface area contributed by atoms with Crippen molar-refractivity contribution in [2.24, 2.45) is 0 Å². The molecule has 0 spiro atoms. The van der Waals surface area contributed by atoms with Crippen molar-refractivity contribution in [2.45, 2.75) is 6.18 Å². The molecule has 3 aromatic rings. The number of hydrogen-bond acceptors (Lipinski definition) is 6. The molecule has 0 aliphatic carbocycles. The van der Waals surface area contributed by atoms with Crippen LogP contribution in [-0.4, -0.2) is 23.5 Å². The smallest absolute Gasteiger partial charge is 0.340 e. The van der Waals surface area contributed by atoms with Crippen LogP contribution in [0.15, 0.2) is 35.1 Å². The SMILES string of the molecule is CN(CC#Cc1ccc(F)cc1F)c1nc(=O)c2cc(C(F)(F)F)cc([N+](=O)[O-])c2s1. The zero-order chi connectivity index (χ0) is 22.9. The highest BCUT2D eigenvalue weighted by molar-refractivity contribution is 7.22. The molecule has 160 valence electrons. The molecule has 1 heterocycles. The van der Waals surface area contributed by atoms with Gasteiger partial charge in [-0.3, -0.25) is 14.9 Å². The molecule has 0 atom stereocenters. The van der Waals surface area contributed by atoms with Crippen LogP contribution in [-0.2, 0) is 6.18 Å². The van der Waals surface area contributed by atoms with E-state index in [4.69, 9.17) is 0 Å². The lowest BCUT2D eigenvalue weighted by atomic mass is 10.1. The van der Waals surface area contributed by atoms with E-state index in [0.717, 1.165) is 12.1 Å². The summed E-state index contributed by atoms with van der Waals surface area (Å²) in [5.74, 6) is 3.44. The Labute approximate surface area is 174 Å². The monoisotopic (exact) mass is 455 g/mol. The van der Waals surface area contributed by atoms with Crippen LogP contribution < -0.4 is 10.5 Å². The van der Waals surface area contributed by atoms with Crippen LogP contribution >= 0.6 is 11.3 Å². The Kier molecular flexibility index (Phi) is 5.90. The van der Waals surface area contributed by atoms with E-state index < -0.39 is 44.9 Å². The molecule has 0 bridgehead atoms. The Morgan fingerprint density at radius 2 is 1.94 bits per heavy atom. The number of non-ortho nitro benzene ring substituents is 1. The number of nitro benzene ring substituents is 1. The second-order valence-electron chi connectivity index (χ2n) is 6.21. The van der Waals surface area contributed by atoms with Crippen molar-refractivity contribution in [2.75, 3.05) is 18.5 Å². The van der Waals surface area contributed by atoms with E-state index in [9.17, 15) is 36.9 Å². The van der Waals surface area contributed by atoms with E-state index in [-0.39, 0.29) is 21.9 Å². The number of alkyl halides is 3. The number of fused-ring (bicyclic) bond motifs is 1. The summed E-state index contributed by atoms with van der Waals surface area (Å²) < 4.78 is 65.3. The Hall–Kier alpha value is -3.59. The van der Waals surface area contributed by atoms with Crippen LogP contribution in [0, 0.1) is 33.6 Å². The number of anilines is 1.